The van der Waals surface area contributed by atoms with Gasteiger partial charge in [-0.2, -0.15) is 18.3 Å². The molecule has 3 heterocycles. The lowest BCUT2D eigenvalue weighted by atomic mass is 9.97. The lowest BCUT2D eigenvalue weighted by Crippen LogP contribution is -2.40. The Morgan fingerprint density at radius 2 is 1.84 bits per heavy atom. The SMILES string of the molecule is O=C(O)C1CCN(C(=O)c2cc3nc(-c4cccc(Cl)c4)cc(C(F)(F)F)n3n2)CC1. The maximum absolute atomic E-state index is 13.7. The first-order valence-corrected chi connectivity index (χ1v) is 9.77. The Morgan fingerprint density at radius 1 is 1.13 bits per heavy atom. The van der Waals surface area contributed by atoms with E-state index in [-0.39, 0.29) is 43.0 Å². The average molecular weight is 453 g/mol. The average Bonchev–Trinajstić information content (AvgIpc) is 3.16. The molecule has 1 aromatic carbocycles. The number of fused-ring (bicyclic) bond motifs is 1. The van der Waals surface area contributed by atoms with Crippen molar-refractivity contribution >= 4 is 29.1 Å². The Balaban J connectivity index is 1.72. The molecule has 0 spiro atoms. The molecule has 1 N–H and O–H groups in total. The van der Waals surface area contributed by atoms with Gasteiger partial charge in [0.05, 0.1) is 11.6 Å². The molecular weight excluding hydrogens is 437 g/mol. The van der Waals surface area contributed by atoms with Crippen LogP contribution in [0.15, 0.2) is 36.4 Å². The topological polar surface area (TPSA) is 87.8 Å². The number of carbonyl (C=O) groups is 2. The van der Waals surface area contributed by atoms with Crippen LogP contribution in [0.3, 0.4) is 0 Å². The fourth-order valence-corrected chi connectivity index (χ4v) is 3.76. The number of halogens is 4. The van der Waals surface area contributed by atoms with E-state index in [9.17, 15) is 22.8 Å². The summed E-state index contributed by atoms with van der Waals surface area (Å²) in [7, 11) is 0. The molecule has 2 aromatic heterocycles. The third-order valence-electron chi connectivity index (χ3n) is 5.19. The number of aliphatic carboxylic acids is 1. The number of carboxylic acids is 1. The van der Waals surface area contributed by atoms with Crippen molar-refractivity contribution in [2.45, 2.75) is 19.0 Å². The van der Waals surface area contributed by atoms with Crippen LogP contribution in [0.5, 0.6) is 0 Å². The number of carbonyl (C=O) groups excluding carboxylic acids is 1. The molecule has 31 heavy (non-hydrogen) atoms. The van der Waals surface area contributed by atoms with E-state index in [4.69, 9.17) is 16.7 Å². The molecule has 0 radical (unpaired) electrons. The minimum absolute atomic E-state index is 0.0449. The van der Waals surface area contributed by atoms with Crippen molar-refractivity contribution < 1.29 is 27.9 Å². The summed E-state index contributed by atoms with van der Waals surface area (Å²) in [4.78, 5) is 29.5. The first-order valence-electron chi connectivity index (χ1n) is 9.39. The quantitative estimate of drug-likeness (QED) is 0.649. The van der Waals surface area contributed by atoms with Gasteiger partial charge in [0.1, 0.15) is 0 Å². The normalized spacial score (nSPS) is 15.4. The number of rotatable bonds is 3. The van der Waals surface area contributed by atoms with Crippen molar-refractivity contribution in [3.8, 4) is 11.3 Å². The maximum Gasteiger partial charge on any atom is 0.433 e. The number of hydrogen-bond donors (Lipinski definition) is 1. The number of nitrogens with zero attached hydrogens (tertiary/aromatic N) is 4. The summed E-state index contributed by atoms with van der Waals surface area (Å²) >= 11 is 5.95. The number of piperidine rings is 1. The van der Waals surface area contributed by atoms with Gasteiger partial charge in [0, 0.05) is 29.7 Å². The molecule has 0 bridgehead atoms. The van der Waals surface area contributed by atoms with E-state index >= 15 is 0 Å². The van der Waals surface area contributed by atoms with Crippen LogP contribution in [0.4, 0.5) is 13.2 Å². The molecular formula is C20H16ClF3N4O3. The summed E-state index contributed by atoms with van der Waals surface area (Å²) in [5.41, 5.74) is -0.950. The van der Waals surface area contributed by atoms with Crippen LogP contribution >= 0.6 is 11.6 Å². The highest BCUT2D eigenvalue weighted by Gasteiger charge is 2.36. The molecule has 0 atom stereocenters. The summed E-state index contributed by atoms with van der Waals surface area (Å²) in [5, 5.41) is 13.3. The van der Waals surface area contributed by atoms with Gasteiger partial charge in [0.15, 0.2) is 17.0 Å². The molecule has 0 unspecified atom stereocenters. The zero-order valence-corrected chi connectivity index (χ0v) is 16.7. The van der Waals surface area contributed by atoms with Crippen LogP contribution in [-0.4, -0.2) is 49.6 Å². The maximum atomic E-state index is 13.7. The van der Waals surface area contributed by atoms with Crippen LogP contribution in [0.25, 0.3) is 16.9 Å². The van der Waals surface area contributed by atoms with Gasteiger partial charge in [-0.3, -0.25) is 9.59 Å². The van der Waals surface area contributed by atoms with Crippen LogP contribution in [0, 0.1) is 5.92 Å². The second kappa shape index (κ2) is 7.84. The highest BCUT2D eigenvalue weighted by molar-refractivity contribution is 6.30. The number of alkyl halides is 3. The Hall–Kier alpha value is -3.14. The Kier molecular flexibility index (Phi) is 5.34. The van der Waals surface area contributed by atoms with Crippen molar-refractivity contribution in [3.05, 3.63) is 52.8 Å². The molecule has 1 aliphatic heterocycles. The number of aromatic nitrogens is 3. The predicted molar refractivity (Wildman–Crippen MR) is 105 cm³/mol. The fourth-order valence-electron chi connectivity index (χ4n) is 3.57. The van der Waals surface area contributed by atoms with E-state index in [0.29, 0.717) is 15.1 Å². The first kappa shape index (κ1) is 21.1. The predicted octanol–water partition coefficient (Wildman–Crippen LogP) is 4.01. The number of amides is 1. The summed E-state index contributed by atoms with van der Waals surface area (Å²) in [6, 6.07) is 8.34. The second-order valence-electron chi connectivity index (χ2n) is 7.24. The number of likely N-dealkylation sites (tertiary alicyclic amines) is 1. The van der Waals surface area contributed by atoms with Gasteiger partial charge in [-0.15, -0.1) is 0 Å². The highest BCUT2D eigenvalue weighted by atomic mass is 35.5. The van der Waals surface area contributed by atoms with Gasteiger partial charge in [0.2, 0.25) is 0 Å². The molecule has 11 heteroatoms. The molecule has 1 fully saturated rings. The summed E-state index contributed by atoms with van der Waals surface area (Å²) < 4.78 is 41.7. The van der Waals surface area contributed by atoms with Crippen molar-refractivity contribution in [2.24, 2.45) is 5.92 Å². The lowest BCUT2D eigenvalue weighted by Gasteiger charge is -2.29. The molecule has 1 saturated heterocycles. The largest absolute Gasteiger partial charge is 0.481 e. The molecule has 0 saturated carbocycles. The van der Waals surface area contributed by atoms with Gasteiger partial charge in [-0.05, 0) is 31.0 Å². The van der Waals surface area contributed by atoms with Gasteiger partial charge in [-0.25, -0.2) is 9.50 Å². The molecule has 1 aliphatic rings. The van der Waals surface area contributed by atoms with Crippen molar-refractivity contribution in [3.63, 3.8) is 0 Å². The molecule has 4 rings (SSSR count). The van der Waals surface area contributed by atoms with Gasteiger partial charge >= 0.3 is 12.1 Å². The first-order chi connectivity index (χ1) is 14.6. The second-order valence-corrected chi connectivity index (χ2v) is 7.68. The van der Waals surface area contributed by atoms with Crippen molar-refractivity contribution in [1.29, 1.82) is 0 Å². The van der Waals surface area contributed by atoms with Gasteiger partial charge in [0.25, 0.3) is 5.91 Å². The number of carboxylic acid groups (broad SMARTS) is 1. The third-order valence-corrected chi connectivity index (χ3v) is 5.42. The zero-order chi connectivity index (χ0) is 22.3. The lowest BCUT2D eigenvalue weighted by molar-refractivity contribution is -0.143. The molecule has 162 valence electrons. The van der Waals surface area contributed by atoms with Gasteiger partial charge < -0.3 is 10.0 Å². The van der Waals surface area contributed by atoms with E-state index in [1.165, 1.54) is 17.0 Å². The van der Waals surface area contributed by atoms with E-state index in [1.807, 2.05) is 0 Å². The third kappa shape index (κ3) is 4.20. The van der Waals surface area contributed by atoms with Crippen LogP contribution in [-0.2, 0) is 11.0 Å². The molecule has 3 aromatic rings. The van der Waals surface area contributed by atoms with E-state index < -0.39 is 29.7 Å². The van der Waals surface area contributed by atoms with E-state index in [0.717, 1.165) is 6.07 Å². The van der Waals surface area contributed by atoms with E-state index in [2.05, 4.69) is 10.1 Å². The number of hydrogen-bond acceptors (Lipinski definition) is 4. The minimum atomic E-state index is -4.74. The smallest absolute Gasteiger partial charge is 0.433 e. The van der Waals surface area contributed by atoms with Crippen molar-refractivity contribution in [1.82, 2.24) is 19.5 Å². The van der Waals surface area contributed by atoms with E-state index in [1.54, 1.807) is 18.2 Å². The standard InChI is InChI=1S/C20H16ClF3N4O3/c21-13-3-1-2-12(8-13)14-9-16(20(22,23)24)28-17(25-14)10-15(26-28)18(29)27-6-4-11(5-7-27)19(30)31/h1-3,8-11H,4-7H2,(H,30,31). The zero-order valence-electron chi connectivity index (χ0n) is 15.9. The van der Waals surface area contributed by atoms with Crippen LogP contribution in [0.2, 0.25) is 5.02 Å². The molecule has 7 nitrogen and oxygen atoms in total. The monoisotopic (exact) mass is 452 g/mol. The van der Waals surface area contributed by atoms with Gasteiger partial charge in [-0.1, -0.05) is 23.7 Å². The Morgan fingerprint density at radius 3 is 2.45 bits per heavy atom. The van der Waals surface area contributed by atoms with Crippen LogP contribution < -0.4 is 0 Å². The summed E-state index contributed by atoms with van der Waals surface area (Å²) in [5.74, 6) is -2.02. The van der Waals surface area contributed by atoms with Crippen LogP contribution in [0.1, 0.15) is 29.0 Å². The minimum Gasteiger partial charge on any atom is -0.481 e. The highest BCUT2D eigenvalue weighted by Crippen LogP contribution is 2.33. The van der Waals surface area contributed by atoms with Crippen molar-refractivity contribution in [2.75, 3.05) is 13.1 Å². The Labute approximate surface area is 179 Å². The Bertz CT molecular complexity index is 1170. The molecule has 0 aliphatic carbocycles. The molecule has 1 amide bonds. The summed E-state index contributed by atoms with van der Waals surface area (Å²) in [6.45, 7) is 0.383. The number of benzene rings is 1. The summed E-state index contributed by atoms with van der Waals surface area (Å²) in [6.07, 6.45) is -4.18. The fraction of sp³-hybridized carbons (Fsp3) is 0.300.